The SMILES string of the molecule is COc1ccc(S(=O)(=O)N(Cc2cccnc2)c2c(C(=O)O)cnc3c2c(C)nn3C)cc1.O=C(NO)c1cnc2cc(C(F)(F)F)ccc2c1. The number of hydrogen-bond donors (Lipinski definition) is 3. The van der Waals surface area contributed by atoms with Crippen LogP contribution >= 0.6 is 0 Å². The highest BCUT2D eigenvalue weighted by atomic mass is 32.2. The number of aromatic nitrogens is 5. The maximum Gasteiger partial charge on any atom is 0.416 e. The number of sulfonamides is 1. The number of ether oxygens (including phenoxy) is 1. The lowest BCUT2D eigenvalue weighted by molar-refractivity contribution is -0.137. The highest BCUT2D eigenvalue weighted by Crippen LogP contribution is 2.37. The van der Waals surface area contributed by atoms with Gasteiger partial charge in [0, 0.05) is 37.2 Å². The van der Waals surface area contributed by atoms with Crippen molar-refractivity contribution in [2.24, 2.45) is 7.05 Å². The molecule has 1 amide bonds. The van der Waals surface area contributed by atoms with Gasteiger partial charge in [-0.15, -0.1) is 0 Å². The third kappa shape index (κ3) is 7.55. The summed E-state index contributed by atoms with van der Waals surface area (Å²) in [6.07, 6.45) is 0.918. The Labute approximate surface area is 287 Å². The van der Waals surface area contributed by atoms with E-state index in [1.165, 1.54) is 59.9 Å². The Balaban J connectivity index is 0.000000236. The molecule has 0 atom stereocenters. The Hall–Kier alpha value is -6.14. The lowest BCUT2D eigenvalue weighted by atomic mass is 10.1. The third-order valence-corrected chi connectivity index (χ3v) is 9.31. The van der Waals surface area contributed by atoms with Crippen molar-refractivity contribution in [3.8, 4) is 5.75 Å². The Bertz CT molecular complexity index is 2350. The van der Waals surface area contributed by atoms with E-state index in [1.54, 1.807) is 32.3 Å². The van der Waals surface area contributed by atoms with Gasteiger partial charge < -0.3 is 9.84 Å². The summed E-state index contributed by atoms with van der Waals surface area (Å²) in [5.41, 5.74) is 1.96. The average molecular weight is 724 g/mol. The zero-order valence-electron chi connectivity index (χ0n) is 27.0. The fraction of sp³-hybridized carbons (Fsp3) is 0.152. The summed E-state index contributed by atoms with van der Waals surface area (Å²) in [5, 5.41) is 23.4. The van der Waals surface area contributed by atoms with Crippen molar-refractivity contribution in [2.45, 2.75) is 24.5 Å². The number of halogens is 3. The molecule has 0 aliphatic heterocycles. The number of amides is 1. The molecule has 4 aromatic heterocycles. The van der Waals surface area contributed by atoms with Gasteiger partial charge in [-0.25, -0.2) is 23.7 Å². The second-order valence-corrected chi connectivity index (χ2v) is 12.7. The van der Waals surface area contributed by atoms with Gasteiger partial charge in [0.2, 0.25) is 0 Å². The van der Waals surface area contributed by atoms with Crippen molar-refractivity contribution < 1.29 is 46.2 Å². The standard InChI is InChI=1S/C22H21N5O5S.C11H7F3N2O2/c1-14-19-20(18(22(28)29)12-24-21(19)26(2)25-14)27(13-15-5-4-10-23-11-15)33(30,31)17-8-6-16(32-3)7-9-17;12-11(13,14)8-2-1-6-3-7(10(17)16-18)5-15-9(6)4-8/h4-12H,13H2,1-3H3,(H,28,29);1-5,18H,(H,16,17). The van der Waals surface area contributed by atoms with E-state index in [9.17, 15) is 36.3 Å². The Kier molecular flexibility index (Phi) is 10.2. The normalized spacial score (nSPS) is 11.5. The largest absolute Gasteiger partial charge is 0.497 e. The van der Waals surface area contributed by atoms with E-state index in [4.69, 9.17) is 9.94 Å². The lowest BCUT2D eigenvalue weighted by Crippen LogP contribution is -2.32. The molecule has 4 heterocycles. The van der Waals surface area contributed by atoms with Crippen LogP contribution in [0.1, 0.15) is 37.5 Å². The molecule has 0 bridgehead atoms. The van der Waals surface area contributed by atoms with E-state index in [0.717, 1.165) is 28.8 Å². The number of pyridine rings is 3. The first kappa shape index (κ1) is 36.1. The molecule has 6 aromatic rings. The maximum atomic E-state index is 13.9. The Morgan fingerprint density at radius 1 is 1.02 bits per heavy atom. The molecule has 0 saturated heterocycles. The number of rotatable bonds is 8. The van der Waals surface area contributed by atoms with Crippen LogP contribution in [-0.2, 0) is 29.8 Å². The first-order chi connectivity index (χ1) is 24.1. The van der Waals surface area contributed by atoms with E-state index < -0.39 is 33.6 Å². The van der Waals surface area contributed by atoms with Crippen molar-refractivity contribution in [2.75, 3.05) is 11.4 Å². The number of benzene rings is 2. The number of nitrogens with zero attached hydrogens (tertiary/aromatic N) is 6. The molecule has 2 aromatic carbocycles. The van der Waals surface area contributed by atoms with Crippen LogP contribution in [0.15, 0.2) is 90.3 Å². The molecule has 3 N–H and O–H groups in total. The number of fused-ring (bicyclic) bond motifs is 2. The number of methoxy groups -OCH3 is 1. The van der Waals surface area contributed by atoms with Gasteiger partial charge >= 0.3 is 12.1 Å². The third-order valence-electron chi connectivity index (χ3n) is 7.55. The molecule has 6 rings (SSSR count). The van der Waals surface area contributed by atoms with Crippen LogP contribution in [0.2, 0.25) is 0 Å². The summed E-state index contributed by atoms with van der Waals surface area (Å²) >= 11 is 0. The van der Waals surface area contributed by atoms with Crippen LogP contribution in [-0.4, -0.2) is 62.5 Å². The van der Waals surface area contributed by atoms with Crippen molar-refractivity contribution in [1.29, 1.82) is 0 Å². The highest BCUT2D eigenvalue weighted by Gasteiger charge is 2.33. The minimum atomic E-state index is -4.43. The molecular formula is C33H28F3N7O7S. The number of carboxylic acid groups (broad SMARTS) is 1. The van der Waals surface area contributed by atoms with E-state index in [-0.39, 0.29) is 33.8 Å². The van der Waals surface area contributed by atoms with Crippen LogP contribution in [0.3, 0.4) is 0 Å². The molecule has 0 fully saturated rings. The smallest absolute Gasteiger partial charge is 0.416 e. The molecule has 264 valence electrons. The monoisotopic (exact) mass is 723 g/mol. The molecule has 0 saturated carbocycles. The molecule has 0 unspecified atom stereocenters. The van der Waals surface area contributed by atoms with Gasteiger partial charge in [0.15, 0.2) is 5.65 Å². The summed E-state index contributed by atoms with van der Waals surface area (Å²) in [5.74, 6) is -1.58. The number of hydroxylamine groups is 1. The van der Waals surface area contributed by atoms with Gasteiger partial charge in [-0.1, -0.05) is 12.1 Å². The summed E-state index contributed by atoms with van der Waals surface area (Å²) < 4.78 is 72.9. The number of anilines is 1. The number of carbonyl (C=O) groups is 2. The molecular weight excluding hydrogens is 695 g/mol. The van der Waals surface area contributed by atoms with E-state index in [2.05, 4.69) is 20.1 Å². The maximum absolute atomic E-state index is 13.9. The summed E-state index contributed by atoms with van der Waals surface area (Å²) in [6, 6.07) is 13.7. The average Bonchev–Trinajstić information content (AvgIpc) is 3.42. The van der Waals surface area contributed by atoms with Gasteiger partial charge in [-0.3, -0.25) is 29.0 Å². The van der Waals surface area contributed by atoms with Gasteiger partial charge in [0.25, 0.3) is 15.9 Å². The quantitative estimate of drug-likeness (QED) is 0.139. The molecule has 18 heteroatoms. The number of alkyl halides is 3. The Morgan fingerprint density at radius 3 is 2.35 bits per heavy atom. The predicted molar refractivity (Wildman–Crippen MR) is 177 cm³/mol. The number of aromatic carboxylic acids is 1. The molecule has 51 heavy (non-hydrogen) atoms. The first-order valence-electron chi connectivity index (χ1n) is 14.7. The molecule has 0 aliphatic carbocycles. The molecule has 0 spiro atoms. The van der Waals surface area contributed by atoms with Crippen LogP contribution < -0.4 is 14.5 Å². The van der Waals surface area contributed by atoms with Crippen molar-refractivity contribution in [3.05, 3.63) is 113 Å². The van der Waals surface area contributed by atoms with E-state index in [1.807, 2.05) is 0 Å². The zero-order chi connectivity index (χ0) is 37.1. The Morgan fingerprint density at radius 2 is 1.75 bits per heavy atom. The van der Waals surface area contributed by atoms with Gasteiger partial charge in [-0.05, 0) is 61.0 Å². The number of carbonyl (C=O) groups excluding carboxylic acids is 1. The number of aryl methyl sites for hydroxylation is 2. The highest BCUT2D eigenvalue weighted by molar-refractivity contribution is 7.92. The number of carboxylic acids is 1. The van der Waals surface area contributed by atoms with Crippen molar-refractivity contribution in [3.63, 3.8) is 0 Å². The topological polar surface area (TPSA) is 190 Å². The first-order valence-corrected chi connectivity index (χ1v) is 16.1. The summed E-state index contributed by atoms with van der Waals surface area (Å²) in [4.78, 5) is 35.3. The molecule has 0 aliphatic rings. The fourth-order valence-corrected chi connectivity index (χ4v) is 6.60. The minimum absolute atomic E-state index is 0.00206. The number of nitrogens with one attached hydrogen (secondary N) is 1. The van der Waals surface area contributed by atoms with Crippen LogP contribution in [0.5, 0.6) is 5.75 Å². The van der Waals surface area contributed by atoms with Gasteiger partial charge in [0.1, 0.15) is 11.3 Å². The van der Waals surface area contributed by atoms with Crippen LogP contribution in [0.4, 0.5) is 18.9 Å². The molecule has 0 radical (unpaired) electrons. The van der Waals surface area contributed by atoms with Crippen LogP contribution in [0, 0.1) is 6.92 Å². The minimum Gasteiger partial charge on any atom is -0.497 e. The van der Waals surface area contributed by atoms with Gasteiger partial charge in [-0.2, -0.15) is 18.3 Å². The van der Waals surface area contributed by atoms with E-state index >= 15 is 0 Å². The van der Waals surface area contributed by atoms with Crippen molar-refractivity contribution >= 4 is 49.5 Å². The second kappa shape index (κ2) is 14.4. The lowest BCUT2D eigenvalue weighted by Gasteiger charge is -2.26. The summed E-state index contributed by atoms with van der Waals surface area (Å²) in [6.45, 7) is 1.54. The molecule has 14 nitrogen and oxygen atoms in total. The summed E-state index contributed by atoms with van der Waals surface area (Å²) in [7, 11) is -1.07. The predicted octanol–water partition coefficient (Wildman–Crippen LogP) is 5.15. The van der Waals surface area contributed by atoms with E-state index in [0.29, 0.717) is 33.4 Å². The fourth-order valence-electron chi connectivity index (χ4n) is 5.11. The zero-order valence-corrected chi connectivity index (χ0v) is 27.8. The van der Waals surface area contributed by atoms with Crippen LogP contribution in [0.25, 0.3) is 21.9 Å². The van der Waals surface area contributed by atoms with Gasteiger partial charge in [0.05, 0.1) is 52.0 Å². The second-order valence-electron chi connectivity index (χ2n) is 10.9. The van der Waals surface area contributed by atoms with Crippen molar-refractivity contribution in [1.82, 2.24) is 30.2 Å². The number of hydrogen-bond acceptors (Lipinski definition) is 10.